The number of primary amides is 1. The van der Waals surface area contributed by atoms with E-state index in [1.165, 1.54) is 41.9 Å². The van der Waals surface area contributed by atoms with Crippen molar-refractivity contribution in [1.82, 2.24) is 30.4 Å². The van der Waals surface area contributed by atoms with Crippen molar-refractivity contribution in [1.29, 1.82) is 0 Å². The molecule has 0 spiro atoms. The van der Waals surface area contributed by atoms with Crippen LogP contribution in [0.1, 0.15) is 49.0 Å². The first-order chi connectivity index (χ1) is 14.9. The third-order valence-electron chi connectivity index (χ3n) is 5.72. The average molecular weight is 431 g/mol. The first-order valence-electron chi connectivity index (χ1n) is 10.5. The summed E-state index contributed by atoms with van der Waals surface area (Å²) in [4.78, 5) is 60.5. The number of likely N-dealkylation sites (tertiary alicyclic amines) is 1. The molecular formula is C20H29N7O4. The Morgan fingerprint density at radius 2 is 1.87 bits per heavy atom. The van der Waals surface area contributed by atoms with Gasteiger partial charge >= 0.3 is 6.03 Å². The van der Waals surface area contributed by atoms with Crippen molar-refractivity contribution in [3.8, 4) is 0 Å². The monoisotopic (exact) mass is 431 g/mol. The lowest BCUT2D eigenvalue weighted by Crippen LogP contribution is -2.57. The van der Waals surface area contributed by atoms with Gasteiger partial charge in [0, 0.05) is 32.0 Å². The molecule has 1 saturated heterocycles. The highest BCUT2D eigenvalue weighted by Gasteiger charge is 2.44. The van der Waals surface area contributed by atoms with E-state index >= 15 is 0 Å². The molecule has 1 aromatic rings. The Labute approximate surface area is 180 Å². The molecule has 0 radical (unpaired) electrons. The molecule has 11 heteroatoms. The first-order valence-corrected chi connectivity index (χ1v) is 10.5. The molecule has 1 saturated carbocycles. The van der Waals surface area contributed by atoms with Crippen molar-refractivity contribution in [3.05, 3.63) is 24.3 Å². The molecule has 31 heavy (non-hydrogen) atoms. The number of nitrogens with zero attached hydrogens (tertiary/aromatic N) is 4. The van der Waals surface area contributed by atoms with Crippen LogP contribution in [0.15, 0.2) is 18.6 Å². The zero-order chi connectivity index (χ0) is 22.4. The average Bonchev–Trinajstić information content (AvgIpc) is 3.16. The molecule has 2 heterocycles. The third kappa shape index (κ3) is 5.68. The second-order valence-electron chi connectivity index (χ2n) is 8.04. The van der Waals surface area contributed by atoms with Gasteiger partial charge in [-0.3, -0.25) is 19.4 Å². The van der Waals surface area contributed by atoms with Gasteiger partial charge in [0.25, 0.3) is 5.91 Å². The normalized spacial score (nSPS) is 21.4. The maximum atomic E-state index is 13.1. The number of rotatable bonds is 6. The van der Waals surface area contributed by atoms with E-state index in [1.807, 2.05) is 0 Å². The van der Waals surface area contributed by atoms with Crippen LogP contribution in [0, 0.1) is 0 Å². The largest absolute Gasteiger partial charge is 0.368 e. The molecule has 3 rings (SSSR count). The van der Waals surface area contributed by atoms with Crippen LogP contribution in [-0.2, 0) is 9.59 Å². The Balaban J connectivity index is 1.75. The molecule has 2 aliphatic rings. The number of urea groups is 1. The van der Waals surface area contributed by atoms with Gasteiger partial charge in [0.2, 0.25) is 11.8 Å². The molecule has 168 valence electrons. The fourth-order valence-electron chi connectivity index (χ4n) is 4.21. The zero-order valence-electron chi connectivity index (χ0n) is 17.6. The van der Waals surface area contributed by atoms with E-state index in [0.29, 0.717) is 6.42 Å². The van der Waals surface area contributed by atoms with Gasteiger partial charge in [-0.2, -0.15) is 0 Å². The third-order valence-corrected chi connectivity index (χ3v) is 5.72. The topological polar surface area (TPSA) is 151 Å². The van der Waals surface area contributed by atoms with Crippen LogP contribution in [0.25, 0.3) is 0 Å². The van der Waals surface area contributed by atoms with Crippen molar-refractivity contribution < 1.29 is 19.2 Å². The maximum absolute atomic E-state index is 13.1. The molecule has 11 nitrogen and oxygen atoms in total. The van der Waals surface area contributed by atoms with E-state index in [9.17, 15) is 19.2 Å². The summed E-state index contributed by atoms with van der Waals surface area (Å²) < 4.78 is 0. The molecule has 5 amide bonds. The molecule has 0 unspecified atom stereocenters. The molecule has 1 aliphatic heterocycles. The van der Waals surface area contributed by atoms with Crippen LogP contribution in [0.5, 0.6) is 0 Å². The second-order valence-corrected chi connectivity index (χ2v) is 8.04. The molecule has 2 atom stereocenters. The molecule has 0 bridgehead atoms. The number of amides is 5. The highest BCUT2D eigenvalue weighted by atomic mass is 16.2. The van der Waals surface area contributed by atoms with Crippen molar-refractivity contribution >= 4 is 23.8 Å². The quantitative estimate of drug-likeness (QED) is 0.559. The standard InChI is InChI=1S/C20H29N7O4/c1-26(12-16(21)28)19(30)17-14(25-20(31)24-13-5-3-2-4-6-13)7-10-27(17)18(29)15-11-22-8-9-23-15/h8-9,11,13-14,17H,2-7,10,12H2,1H3,(H2,21,28)(H2,24,25,31)/t14-,17+/m0/s1. The van der Waals surface area contributed by atoms with Gasteiger partial charge in [-0.05, 0) is 19.3 Å². The van der Waals surface area contributed by atoms with E-state index in [2.05, 4.69) is 20.6 Å². The van der Waals surface area contributed by atoms with Gasteiger partial charge in [-0.15, -0.1) is 0 Å². The van der Waals surface area contributed by atoms with E-state index in [4.69, 9.17) is 5.73 Å². The van der Waals surface area contributed by atoms with E-state index in [-0.39, 0.29) is 30.9 Å². The molecular weight excluding hydrogens is 402 g/mol. The van der Waals surface area contributed by atoms with Crippen LogP contribution in [0.4, 0.5) is 4.79 Å². The highest BCUT2D eigenvalue weighted by Crippen LogP contribution is 2.23. The summed E-state index contributed by atoms with van der Waals surface area (Å²) in [5.74, 6) is -1.60. The predicted octanol–water partition coefficient (Wildman–Crippen LogP) is -0.365. The highest BCUT2D eigenvalue weighted by molar-refractivity contribution is 5.97. The van der Waals surface area contributed by atoms with Gasteiger partial charge in [-0.1, -0.05) is 19.3 Å². The number of hydrogen-bond donors (Lipinski definition) is 3. The summed E-state index contributed by atoms with van der Waals surface area (Å²) in [6.07, 6.45) is 9.75. The van der Waals surface area contributed by atoms with E-state index in [0.717, 1.165) is 25.7 Å². The van der Waals surface area contributed by atoms with Gasteiger partial charge < -0.3 is 26.2 Å². The van der Waals surface area contributed by atoms with Gasteiger partial charge in [0.15, 0.2) is 0 Å². The summed E-state index contributed by atoms with van der Waals surface area (Å²) in [7, 11) is 1.44. The molecule has 0 aromatic carbocycles. The number of likely N-dealkylation sites (N-methyl/N-ethyl adjacent to an activating group) is 1. The molecule has 4 N–H and O–H groups in total. The van der Waals surface area contributed by atoms with E-state index < -0.39 is 29.8 Å². The maximum Gasteiger partial charge on any atom is 0.315 e. The number of nitrogens with two attached hydrogens (primary N) is 1. The number of nitrogens with one attached hydrogen (secondary N) is 2. The number of aromatic nitrogens is 2. The summed E-state index contributed by atoms with van der Waals surface area (Å²) in [5.41, 5.74) is 5.33. The van der Waals surface area contributed by atoms with Crippen LogP contribution in [0.3, 0.4) is 0 Å². The van der Waals surface area contributed by atoms with Crippen LogP contribution in [-0.4, -0.2) is 81.8 Å². The fourth-order valence-corrected chi connectivity index (χ4v) is 4.21. The van der Waals surface area contributed by atoms with Crippen molar-refractivity contribution in [3.63, 3.8) is 0 Å². The Morgan fingerprint density at radius 3 is 2.52 bits per heavy atom. The first kappa shape index (κ1) is 22.4. The SMILES string of the molecule is CN(CC(N)=O)C(=O)[C@H]1[C@@H](NC(=O)NC2CCCCC2)CCN1C(=O)c1cnccn1. The van der Waals surface area contributed by atoms with Crippen LogP contribution >= 0.6 is 0 Å². The number of hydrogen-bond acceptors (Lipinski definition) is 6. The molecule has 2 fully saturated rings. The minimum absolute atomic E-state index is 0.102. The Hall–Kier alpha value is -3.24. The van der Waals surface area contributed by atoms with Crippen LogP contribution in [0.2, 0.25) is 0 Å². The number of carbonyl (C=O) groups is 4. The summed E-state index contributed by atoms with van der Waals surface area (Å²) >= 11 is 0. The minimum atomic E-state index is -0.976. The van der Waals surface area contributed by atoms with Gasteiger partial charge in [-0.25, -0.2) is 9.78 Å². The lowest BCUT2D eigenvalue weighted by atomic mass is 9.96. The lowest BCUT2D eigenvalue weighted by molar-refractivity contribution is -0.137. The van der Waals surface area contributed by atoms with Gasteiger partial charge in [0.1, 0.15) is 11.7 Å². The minimum Gasteiger partial charge on any atom is -0.368 e. The molecule has 1 aliphatic carbocycles. The lowest BCUT2D eigenvalue weighted by Gasteiger charge is -2.31. The van der Waals surface area contributed by atoms with E-state index in [1.54, 1.807) is 0 Å². The fraction of sp³-hybridized carbons (Fsp3) is 0.600. The smallest absolute Gasteiger partial charge is 0.315 e. The Bertz CT molecular complexity index is 813. The molecule has 1 aromatic heterocycles. The van der Waals surface area contributed by atoms with Crippen LogP contribution < -0.4 is 16.4 Å². The second kappa shape index (κ2) is 10.2. The van der Waals surface area contributed by atoms with Gasteiger partial charge in [0.05, 0.1) is 18.8 Å². The summed E-state index contributed by atoms with van der Waals surface area (Å²) in [6.45, 7) is -0.0336. The summed E-state index contributed by atoms with van der Waals surface area (Å²) in [6, 6.07) is -1.83. The summed E-state index contributed by atoms with van der Waals surface area (Å²) in [5, 5.41) is 5.83. The Morgan fingerprint density at radius 1 is 1.13 bits per heavy atom. The number of carbonyl (C=O) groups excluding carboxylic acids is 4. The Kier molecular flexibility index (Phi) is 7.37. The van der Waals surface area contributed by atoms with Crippen molar-refractivity contribution in [2.45, 2.75) is 56.7 Å². The predicted molar refractivity (Wildman–Crippen MR) is 111 cm³/mol. The van der Waals surface area contributed by atoms with Crippen molar-refractivity contribution in [2.75, 3.05) is 20.1 Å². The van der Waals surface area contributed by atoms with Crippen molar-refractivity contribution in [2.24, 2.45) is 5.73 Å². The zero-order valence-corrected chi connectivity index (χ0v) is 17.6.